The van der Waals surface area contributed by atoms with Gasteiger partial charge in [-0.1, -0.05) is 32.0 Å². The van der Waals surface area contributed by atoms with E-state index in [2.05, 4.69) is 24.1 Å². The largest absolute Gasteiger partial charge is 0.478 e. The molecule has 2 rings (SSSR count). The Morgan fingerprint density at radius 1 is 1.25 bits per heavy atom. The Balaban J connectivity index is 2.45. The van der Waals surface area contributed by atoms with Gasteiger partial charge < -0.3 is 10.4 Å². The lowest BCUT2D eigenvalue weighted by Crippen LogP contribution is -2.06. The molecule has 20 heavy (non-hydrogen) atoms. The van der Waals surface area contributed by atoms with Crippen LogP contribution in [-0.4, -0.2) is 16.1 Å². The van der Waals surface area contributed by atoms with E-state index in [0.717, 1.165) is 16.9 Å². The fourth-order valence-electron chi connectivity index (χ4n) is 2.09. The first-order valence-corrected chi connectivity index (χ1v) is 6.55. The lowest BCUT2D eigenvalue weighted by molar-refractivity contribution is 0.0697. The SMILES string of the molecule is Cc1cc(Nc2ccccc2C(C)C)c(C(=O)O)cn1. The lowest BCUT2D eigenvalue weighted by atomic mass is 10.0. The number of nitrogens with one attached hydrogen (secondary N) is 1. The second-order valence-corrected chi connectivity index (χ2v) is 5.04. The summed E-state index contributed by atoms with van der Waals surface area (Å²) in [5.74, 6) is -0.628. The molecule has 0 spiro atoms. The Kier molecular flexibility index (Phi) is 4.03. The first-order valence-electron chi connectivity index (χ1n) is 6.55. The maximum atomic E-state index is 11.3. The lowest BCUT2D eigenvalue weighted by Gasteiger charge is -2.16. The van der Waals surface area contributed by atoms with Crippen LogP contribution in [0.2, 0.25) is 0 Å². The van der Waals surface area contributed by atoms with Gasteiger partial charge in [0.1, 0.15) is 5.56 Å². The highest BCUT2D eigenvalue weighted by molar-refractivity contribution is 5.95. The van der Waals surface area contributed by atoms with Crippen LogP contribution in [0.25, 0.3) is 0 Å². The van der Waals surface area contributed by atoms with Crippen LogP contribution in [0.4, 0.5) is 11.4 Å². The number of nitrogens with zero attached hydrogens (tertiary/aromatic N) is 1. The number of carbonyl (C=O) groups is 1. The highest BCUT2D eigenvalue weighted by Crippen LogP contribution is 2.28. The number of pyridine rings is 1. The molecular weight excluding hydrogens is 252 g/mol. The van der Waals surface area contributed by atoms with E-state index < -0.39 is 5.97 Å². The smallest absolute Gasteiger partial charge is 0.339 e. The summed E-state index contributed by atoms with van der Waals surface area (Å²) < 4.78 is 0. The number of anilines is 2. The van der Waals surface area contributed by atoms with E-state index in [4.69, 9.17) is 0 Å². The molecule has 0 aliphatic rings. The fraction of sp³-hybridized carbons (Fsp3) is 0.250. The Labute approximate surface area is 118 Å². The molecule has 0 amide bonds. The van der Waals surface area contributed by atoms with Gasteiger partial charge in [-0.25, -0.2) is 4.79 Å². The summed E-state index contributed by atoms with van der Waals surface area (Å²) >= 11 is 0. The third kappa shape index (κ3) is 2.96. The van der Waals surface area contributed by atoms with Gasteiger partial charge in [0.25, 0.3) is 0 Å². The van der Waals surface area contributed by atoms with Crippen LogP contribution >= 0.6 is 0 Å². The topological polar surface area (TPSA) is 62.2 Å². The Morgan fingerprint density at radius 3 is 2.60 bits per heavy atom. The number of para-hydroxylation sites is 1. The number of rotatable bonds is 4. The molecule has 0 saturated heterocycles. The summed E-state index contributed by atoms with van der Waals surface area (Å²) in [7, 11) is 0. The van der Waals surface area contributed by atoms with Crippen molar-refractivity contribution in [3.8, 4) is 0 Å². The number of aromatic carboxylic acids is 1. The molecule has 0 atom stereocenters. The van der Waals surface area contributed by atoms with E-state index in [1.165, 1.54) is 6.20 Å². The standard InChI is InChI=1S/C16H18N2O2/c1-10(2)12-6-4-5-7-14(12)18-15-8-11(3)17-9-13(15)16(19)20/h4-10H,1-3H3,(H,17,18)(H,19,20). The summed E-state index contributed by atoms with van der Waals surface area (Å²) in [6, 6.07) is 9.66. The molecule has 104 valence electrons. The molecule has 0 aliphatic carbocycles. The maximum absolute atomic E-state index is 11.3. The first-order chi connectivity index (χ1) is 9.49. The first kappa shape index (κ1) is 14.1. The Hall–Kier alpha value is -2.36. The molecule has 0 saturated carbocycles. The number of aryl methyl sites for hydroxylation is 1. The van der Waals surface area contributed by atoms with Crippen LogP contribution in [0.5, 0.6) is 0 Å². The zero-order valence-corrected chi connectivity index (χ0v) is 11.8. The van der Waals surface area contributed by atoms with Crippen molar-refractivity contribution >= 4 is 17.3 Å². The molecule has 2 N–H and O–H groups in total. The summed E-state index contributed by atoms with van der Waals surface area (Å²) in [5, 5.41) is 12.5. The molecule has 1 aromatic carbocycles. The van der Waals surface area contributed by atoms with Crippen molar-refractivity contribution in [2.75, 3.05) is 5.32 Å². The van der Waals surface area contributed by atoms with Gasteiger partial charge in [-0.15, -0.1) is 0 Å². The van der Waals surface area contributed by atoms with Crippen molar-refractivity contribution in [3.63, 3.8) is 0 Å². The van der Waals surface area contributed by atoms with Crippen molar-refractivity contribution in [2.45, 2.75) is 26.7 Å². The van der Waals surface area contributed by atoms with E-state index >= 15 is 0 Å². The van der Waals surface area contributed by atoms with E-state index in [1.54, 1.807) is 6.07 Å². The molecule has 2 aromatic rings. The summed E-state index contributed by atoms with van der Waals surface area (Å²) in [4.78, 5) is 15.3. The molecule has 0 fully saturated rings. The van der Waals surface area contributed by atoms with Crippen LogP contribution in [0.1, 0.15) is 41.4 Å². The Morgan fingerprint density at radius 2 is 1.95 bits per heavy atom. The summed E-state index contributed by atoms with van der Waals surface area (Å²) in [6.45, 7) is 6.05. The van der Waals surface area contributed by atoms with Crippen LogP contribution in [0, 0.1) is 6.92 Å². The van der Waals surface area contributed by atoms with Gasteiger partial charge in [0.15, 0.2) is 0 Å². The minimum Gasteiger partial charge on any atom is -0.478 e. The second kappa shape index (κ2) is 5.74. The summed E-state index contributed by atoms with van der Waals surface area (Å²) in [6.07, 6.45) is 1.39. The second-order valence-electron chi connectivity index (χ2n) is 5.04. The Bertz CT molecular complexity index is 636. The van der Waals surface area contributed by atoms with Crippen molar-refractivity contribution < 1.29 is 9.90 Å². The van der Waals surface area contributed by atoms with Crippen molar-refractivity contribution in [3.05, 3.63) is 53.3 Å². The molecule has 0 radical (unpaired) electrons. The number of aromatic nitrogens is 1. The zero-order valence-electron chi connectivity index (χ0n) is 11.8. The van der Waals surface area contributed by atoms with Gasteiger partial charge in [-0.2, -0.15) is 0 Å². The quantitative estimate of drug-likeness (QED) is 0.882. The van der Waals surface area contributed by atoms with Crippen molar-refractivity contribution in [2.24, 2.45) is 0 Å². The van der Waals surface area contributed by atoms with Gasteiger partial charge >= 0.3 is 5.97 Å². The third-order valence-corrected chi connectivity index (χ3v) is 3.12. The fourth-order valence-corrected chi connectivity index (χ4v) is 2.09. The molecule has 0 aliphatic heterocycles. The highest BCUT2D eigenvalue weighted by atomic mass is 16.4. The van der Waals surface area contributed by atoms with Crippen LogP contribution < -0.4 is 5.32 Å². The molecule has 1 heterocycles. The van der Waals surface area contributed by atoms with Gasteiger partial charge in [0, 0.05) is 17.6 Å². The predicted molar refractivity (Wildman–Crippen MR) is 79.7 cm³/mol. The zero-order chi connectivity index (χ0) is 14.7. The average Bonchev–Trinajstić information content (AvgIpc) is 2.38. The molecule has 0 unspecified atom stereocenters. The van der Waals surface area contributed by atoms with Gasteiger partial charge in [-0.3, -0.25) is 4.98 Å². The number of benzene rings is 1. The molecule has 1 aromatic heterocycles. The maximum Gasteiger partial charge on any atom is 0.339 e. The van der Waals surface area contributed by atoms with E-state index in [-0.39, 0.29) is 5.56 Å². The predicted octanol–water partition coefficient (Wildman–Crippen LogP) is 3.96. The van der Waals surface area contributed by atoms with E-state index in [1.807, 2.05) is 31.2 Å². The van der Waals surface area contributed by atoms with Crippen LogP contribution in [0.15, 0.2) is 36.5 Å². The molecule has 4 heteroatoms. The van der Waals surface area contributed by atoms with Crippen LogP contribution in [-0.2, 0) is 0 Å². The van der Waals surface area contributed by atoms with Crippen molar-refractivity contribution in [1.29, 1.82) is 0 Å². The van der Waals surface area contributed by atoms with Crippen LogP contribution in [0.3, 0.4) is 0 Å². The van der Waals surface area contributed by atoms with Gasteiger partial charge in [0.05, 0.1) is 5.69 Å². The molecule has 4 nitrogen and oxygen atoms in total. The number of carboxylic acid groups (broad SMARTS) is 1. The number of carboxylic acids is 1. The number of hydrogen-bond donors (Lipinski definition) is 2. The average molecular weight is 270 g/mol. The summed E-state index contributed by atoms with van der Waals surface area (Å²) in [5.41, 5.74) is 3.60. The van der Waals surface area contributed by atoms with Crippen molar-refractivity contribution in [1.82, 2.24) is 4.98 Å². The van der Waals surface area contributed by atoms with E-state index in [0.29, 0.717) is 11.6 Å². The third-order valence-electron chi connectivity index (χ3n) is 3.12. The monoisotopic (exact) mass is 270 g/mol. The van der Waals surface area contributed by atoms with Gasteiger partial charge in [-0.05, 0) is 30.5 Å². The minimum absolute atomic E-state index is 0.175. The normalized spacial score (nSPS) is 10.6. The minimum atomic E-state index is -0.984. The molecular formula is C16H18N2O2. The highest BCUT2D eigenvalue weighted by Gasteiger charge is 2.13. The van der Waals surface area contributed by atoms with E-state index in [9.17, 15) is 9.90 Å². The van der Waals surface area contributed by atoms with Gasteiger partial charge in [0.2, 0.25) is 0 Å². The molecule has 0 bridgehead atoms. The number of hydrogen-bond acceptors (Lipinski definition) is 3.